The third-order valence-electron chi connectivity index (χ3n) is 3.18. The minimum Gasteiger partial charge on any atom is -0.322 e. The number of hydrogen-bond acceptors (Lipinski definition) is 3. The van der Waals surface area contributed by atoms with Gasteiger partial charge < -0.3 is 10.3 Å². The molecule has 1 amide bonds. The van der Waals surface area contributed by atoms with Crippen molar-refractivity contribution in [3.63, 3.8) is 0 Å². The molecular weight excluding hydrogens is 266 g/mol. The summed E-state index contributed by atoms with van der Waals surface area (Å²) < 4.78 is 0. The van der Waals surface area contributed by atoms with E-state index in [0.29, 0.717) is 11.5 Å². The van der Waals surface area contributed by atoms with Crippen LogP contribution in [0, 0.1) is 6.92 Å². The van der Waals surface area contributed by atoms with E-state index in [1.165, 1.54) is 11.8 Å². The Kier molecular flexibility index (Phi) is 3.93. The van der Waals surface area contributed by atoms with Crippen LogP contribution in [0.25, 0.3) is 0 Å². The SMILES string of the molecule is Cc1ncc(C(=O)Nc2ccc(C(C)(C)C)cc2)c(=O)[nH]1. The fourth-order valence-electron chi connectivity index (χ4n) is 1.90. The van der Waals surface area contributed by atoms with Crippen molar-refractivity contribution in [3.05, 3.63) is 57.8 Å². The Morgan fingerprint density at radius 1 is 1.19 bits per heavy atom. The van der Waals surface area contributed by atoms with E-state index < -0.39 is 11.5 Å². The molecule has 0 bridgehead atoms. The van der Waals surface area contributed by atoms with Gasteiger partial charge in [0.1, 0.15) is 11.4 Å². The van der Waals surface area contributed by atoms with Gasteiger partial charge in [0.05, 0.1) is 0 Å². The average molecular weight is 285 g/mol. The number of rotatable bonds is 2. The molecule has 0 aliphatic rings. The van der Waals surface area contributed by atoms with Crippen molar-refractivity contribution in [3.8, 4) is 0 Å². The third-order valence-corrected chi connectivity index (χ3v) is 3.18. The van der Waals surface area contributed by atoms with Crippen molar-refractivity contribution in [2.75, 3.05) is 5.32 Å². The van der Waals surface area contributed by atoms with E-state index in [1.807, 2.05) is 24.3 Å². The quantitative estimate of drug-likeness (QED) is 0.890. The van der Waals surface area contributed by atoms with Crippen LogP contribution in [-0.4, -0.2) is 15.9 Å². The van der Waals surface area contributed by atoms with Gasteiger partial charge in [0.25, 0.3) is 11.5 Å². The molecule has 0 aliphatic heterocycles. The second kappa shape index (κ2) is 5.52. The average Bonchev–Trinajstić information content (AvgIpc) is 2.38. The highest BCUT2D eigenvalue weighted by atomic mass is 16.2. The van der Waals surface area contributed by atoms with E-state index in [9.17, 15) is 9.59 Å². The van der Waals surface area contributed by atoms with E-state index in [-0.39, 0.29) is 11.0 Å². The van der Waals surface area contributed by atoms with Crippen LogP contribution in [-0.2, 0) is 5.41 Å². The molecule has 0 aliphatic carbocycles. The standard InChI is InChI=1S/C16H19N3O2/c1-10-17-9-13(14(20)18-10)15(21)19-12-7-5-11(6-8-12)16(2,3)4/h5-9H,1-4H3,(H,19,21)(H,17,18,20). The lowest BCUT2D eigenvalue weighted by Gasteiger charge is -2.19. The molecule has 0 saturated heterocycles. The summed E-state index contributed by atoms with van der Waals surface area (Å²) in [5.74, 6) is 0.0124. The normalized spacial score (nSPS) is 11.2. The van der Waals surface area contributed by atoms with E-state index in [0.717, 1.165) is 0 Å². The second-order valence-corrected chi connectivity index (χ2v) is 5.99. The van der Waals surface area contributed by atoms with Crippen molar-refractivity contribution < 1.29 is 4.79 Å². The van der Waals surface area contributed by atoms with Gasteiger partial charge in [-0.05, 0) is 30.0 Å². The van der Waals surface area contributed by atoms with Crippen molar-refractivity contribution in [2.24, 2.45) is 0 Å². The van der Waals surface area contributed by atoms with Gasteiger partial charge in [-0.2, -0.15) is 0 Å². The number of hydrogen-bond donors (Lipinski definition) is 2. The first kappa shape index (κ1) is 15.0. The second-order valence-electron chi connectivity index (χ2n) is 5.99. The fraction of sp³-hybridized carbons (Fsp3) is 0.312. The van der Waals surface area contributed by atoms with Crippen molar-refractivity contribution in [2.45, 2.75) is 33.1 Å². The molecular formula is C16H19N3O2. The summed E-state index contributed by atoms with van der Waals surface area (Å²) in [6, 6.07) is 7.59. The summed E-state index contributed by atoms with van der Waals surface area (Å²) in [5, 5.41) is 2.70. The molecule has 1 heterocycles. The van der Waals surface area contributed by atoms with Gasteiger partial charge in [-0.1, -0.05) is 32.9 Å². The Labute approximate surface area is 123 Å². The summed E-state index contributed by atoms with van der Waals surface area (Å²) in [6.07, 6.45) is 1.28. The van der Waals surface area contributed by atoms with E-state index >= 15 is 0 Å². The zero-order valence-electron chi connectivity index (χ0n) is 12.7. The largest absolute Gasteiger partial charge is 0.322 e. The van der Waals surface area contributed by atoms with E-state index in [2.05, 4.69) is 36.1 Å². The Bertz CT molecular complexity index is 710. The van der Waals surface area contributed by atoms with Gasteiger partial charge >= 0.3 is 0 Å². The van der Waals surface area contributed by atoms with Crippen LogP contribution in [0.15, 0.2) is 35.3 Å². The molecule has 1 aromatic carbocycles. The number of nitrogens with zero attached hydrogens (tertiary/aromatic N) is 1. The number of aromatic nitrogens is 2. The summed E-state index contributed by atoms with van der Waals surface area (Å²) in [7, 11) is 0. The number of amides is 1. The molecule has 2 N–H and O–H groups in total. The van der Waals surface area contributed by atoms with Crippen molar-refractivity contribution in [1.29, 1.82) is 0 Å². The molecule has 0 atom stereocenters. The lowest BCUT2D eigenvalue weighted by Crippen LogP contribution is -2.24. The molecule has 0 radical (unpaired) electrons. The summed E-state index contributed by atoms with van der Waals surface area (Å²) in [4.78, 5) is 30.2. The lowest BCUT2D eigenvalue weighted by atomic mass is 9.87. The lowest BCUT2D eigenvalue weighted by molar-refractivity contribution is 0.102. The number of carbonyl (C=O) groups excluding carboxylic acids is 1. The van der Waals surface area contributed by atoms with Gasteiger partial charge in [0, 0.05) is 11.9 Å². The smallest absolute Gasteiger partial charge is 0.263 e. The Morgan fingerprint density at radius 2 is 1.81 bits per heavy atom. The monoisotopic (exact) mass is 285 g/mol. The number of aryl methyl sites for hydroxylation is 1. The molecule has 1 aromatic heterocycles. The molecule has 0 spiro atoms. The van der Waals surface area contributed by atoms with E-state index in [4.69, 9.17) is 0 Å². The third kappa shape index (κ3) is 3.56. The Balaban J connectivity index is 2.18. The molecule has 21 heavy (non-hydrogen) atoms. The molecule has 110 valence electrons. The number of aromatic amines is 1. The molecule has 5 nitrogen and oxygen atoms in total. The number of benzene rings is 1. The van der Waals surface area contributed by atoms with Crippen molar-refractivity contribution in [1.82, 2.24) is 9.97 Å². The summed E-state index contributed by atoms with van der Waals surface area (Å²) >= 11 is 0. The predicted molar refractivity (Wildman–Crippen MR) is 82.7 cm³/mol. The topological polar surface area (TPSA) is 74.8 Å². The minimum absolute atomic E-state index is 0.000461. The highest BCUT2D eigenvalue weighted by Gasteiger charge is 2.14. The van der Waals surface area contributed by atoms with Crippen LogP contribution in [0.4, 0.5) is 5.69 Å². The highest BCUT2D eigenvalue weighted by Crippen LogP contribution is 2.23. The van der Waals surface area contributed by atoms with Crippen LogP contribution in [0.5, 0.6) is 0 Å². The van der Waals surface area contributed by atoms with Gasteiger partial charge in [-0.15, -0.1) is 0 Å². The first-order chi connectivity index (χ1) is 9.77. The van der Waals surface area contributed by atoms with Crippen LogP contribution in [0.1, 0.15) is 42.5 Å². The van der Waals surface area contributed by atoms with Crippen LogP contribution < -0.4 is 10.9 Å². The number of anilines is 1. The molecule has 2 aromatic rings. The first-order valence-corrected chi connectivity index (χ1v) is 6.75. The Morgan fingerprint density at radius 3 is 2.33 bits per heavy atom. The number of carbonyl (C=O) groups is 1. The van der Waals surface area contributed by atoms with Gasteiger partial charge in [-0.3, -0.25) is 9.59 Å². The molecule has 5 heteroatoms. The van der Waals surface area contributed by atoms with Crippen LogP contribution >= 0.6 is 0 Å². The maximum absolute atomic E-state index is 12.1. The maximum Gasteiger partial charge on any atom is 0.263 e. The highest BCUT2D eigenvalue weighted by molar-refractivity contribution is 6.03. The van der Waals surface area contributed by atoms with E-state index in [1.54, 1.807) is 6.92 Å². The first-order valence-electron chi connectivity index (χ1n) is 6.75. The zero-order chi connectivity index (χ0) is 15.6. The van der Waals surface area contributed by atoms with Crippen LogP contribution in [0.3, 0.4) is 0 Å². The van der Waals surface area contributed by atoms with Gasteiger partial charge in [0.2, 0.25) is 0 Å². The predicted octanol–water partition coefficient (Wildman–Crippen LogP) is 2.63. The minimum atomic E-state index is -0.466. The molecule has 0 fully saturated rings. The van der Waals surface area contributed by atoms with Gasteiger partial charge in [-0.25, -0.2) is 4.98 Å². The Hall–Kier alpha value is -2.43. The van der Waals surface area contributed by atoms with Gasteiger partial charge in [0.15, 0.2) is 0 Å². The number of H-pyrrole nitrogens is 1. The zero-order valence-corrected chi connectivity index (χ0v) is 12.7. The molecule has 0 unspecified atom stereocenters. The maximum atomic E-state index is 12.1. The number of nitrogens with one attached hydrogen (secondary N) is 2. The fourth-order valence-corrected chi connectivity index (χ4v) is 1.90. The van der Waals surface area contributed by atoms with Crippen molar-refractivity contribution >= 4 is 11.6 Å². The molecule has 0 saturated carbocycles. The molecule has 2 rings (SSSR count). The summed E-state index contributed by atoms with van der Waals surface area (Å²) in [5.41, 5.74) is 1.44. The van der Waals surface area contributed by atoms with Crippen LogP contribution in [0.2, 0.25) is 0 Å². The summed E-state index contributed by atoms with van der Waals surface area (Å²) in [6.45, 7) is 8.03.